The quantitative estimate of drug-likeness (QED) is 0.127. The van der Waals surface area contributed by atoms with Crippen LogP contribution in [0.25, 0.3) is 0 Å². The molecule has 2 unspecified atom stereocenters. The lowest BCUT2D eigenvalue weighted by atomic mass is 9.71. The molecule has 0 spiro atoms. The average molecular weight is 562 g/mol. The van der Waals surface area contributed by atoms with Crippen molar-refractivity contribution in [3.05, 3.63) is 12.2 Å². The summed E-state index contributed by atoms with van der Waals surface area (Å²) in [5, 5.41) is 8.94. The van der Waals surface area contributed by atoms with Crippen LogP contribution in [0.2, 0.25) is 0 Å². The zero-order valence-electron chi connectivity index (χ0n) is 14.2. The summed E-state index contributed by atoms with van der Waals surface area (Å²) in [5.74, 6) is -27.3. The van der Waals surface area contributed by atoms with Gasteiger partial charge in [0.05, 0.1) is 3.42 Å². The molecule has 0 aliphatic heterocycles. The standard InChI is InChI=1S/C15H14F11IO2/c16-11(17,15(24,25)26)6-4-2-1-3-5-10(27)7-12(18,19)14(22,23)13(20,21)8(10)9(28)29/h1,3,8H,2,4-7H2,(H,28,29). The van der Waals surface area contributed by atoms with Gasteiger partial charge in [0.1, 0.15) is 5.92 Å². The fraction of sp³-hybridized carbons (Fsp3) is 0.800. The third-order valence-electron chi connectivity index (χ3n) is 4.42. The van der Waals surface area contributed by atoms with Crippen molar-refractivity contribution in [2.75, 3.05) is 0 Å². The number of carboxylic acids is 1. The Hall–Kier alpha value is -0.830. The van der Waals surface area contributed by atoms with Crippen LogP contribution in [-0.2, 0) is 4.79 Å². The predicted molar refractivity (Wildman–Crippen MR) is 85.9 cm³/mol. The van der Waals surface area contributed by atoms with Crippen molar-refractivity contribution in [1.82, 2.24) is 0 Å². The van der Waals surface area contributed by atoms with Gasteiger partial charge in [-0.25, -0.2) is 0 Å². The van der Waals surface area contributed by atoms with Crippen molar-refractivity contribution in [3.63, 3.8) is 0 Å². The average Bonchev–Trinajstić information content (AvgIpc) is 2.46. The van der Waals surface area contributed by atoms with Gasteiger partial charge in [-0.1, -0.05) is 34.7 Å². The largest absolute Gasteiger partial charge is 0.481 e. The lowest BCUT2D eigenvalue weighted by molar-refractivity contribution is -0.347. The number of halogens is 12. The summed E-state index contributed by atoms with van der Waals surface area (Å²) in [6.07, 6.45) is -9.53. The molecule has 0 aromatic heterocycles. The second-order valence-electron chi connectivity index (χ2n) is 6.65. The van der Waals surface area contributed by atoms with Gasteiger partial charge < -0.3 is 5.11 Å². The topological polar surface area (TPSA) is 37.3 Å². The molecule has 0 aromatic carbocycles. The van der Waals surface area contributed by atoms with E-state index in [4.69, 9.17) is 5.11 Å². The third kappa shape index (κ3) is 4.92. The smallest absolute Gasteiger partial charge is 0.453 e. The maximum Gasteiger partial charge on any atom is 0.453 e. The number of unbranched alkanes of at least 4 members (excludes halogenated alkanes) is 1. The van der Waals surface area contributed by atoms with E-state index in [2.05, 4.69) is 0 Å². The first-order valence-electron chi connectivity index (χ1n) is 7.88. The minimum absolute atomic E-state index is 0.431. The summed E-state index contributed by atoms with van der Waals surface area (Å²) < 4.78 is 141. The van der Waals surface area contributed by atoms with Crippen LogP contribution in [0.4, 0.5) is 48.3 Å². The normalized spacial score (nSPS) is 29.2. The lowest BCUT2D eigenvalue weighted by Gasteiger charge is -2.48. The van der Waals surface area contributed by atoms with Gasteiger partial charge in [-0.15, -0.1) is 0 Å². The van der Waals surface area contributed by atoms with E-state index in [1.54, 1.807) is 0 Å². The third-order valence-corrected chi connectivity index (χ3v) is 5.87. The first kappa shape index (κ1) is 26.2. The molecule has 170 valence electrons. The van der Waals surface area contributed by atoms with Crippen LogP contribution < -0.4 is 0 Å². The van der Waals surface area contributed by atoms with Crippen LogP contribution in [0.15, 0.2) is 12.2 Å². The first-order chi connectivity index (χ1) is 12.7. The Morgan fingerprint density at radius 3 is 2.00 bits per heavy atom. The second kappa shape index (κ2) is 8.02. The SMILES string of the molecule is O=C(O)C1C(I)(CC=CCCCC(F)(F)C(F)(F)F)CC(F)(F)C(F)(F)C1(F)F. The van der Waals surface area contributed by atoms with E-state index in [9.17, 15) is 53.1 Å². The first-order valence-corrected chi connectivity index (χ1v) is 8.95. The summed E-state index contributed by atoms with van der Waals surface area (Å²) in [7, 11) is 0. The molecule has 2 nitrogen and oxygen atoms in total. The molecule has 1 saturated carbocycles. The summed E-state index contributed by atoms with van der Waals surface area (Å²) in [4.78, 5) is 11.1. The molecule has 0 saturated heterocycles. The van der Waals surface area contributed by atoms with Crippen molar-refractivity contribution in [3.8, 4) is 0 Å². The van der Waals surface area contributed by atoms with Gasteiger partial charge in [0, 0.05) is 12.8 Å². The molecule has 29 heavy (non-hydrogen) atoms. The molecule has 0 radical (unpaired) electrons. The van der Waals surface area contributed by atoms with E-state index in [1.165, 1.54) is 0 Å². The maximum absolute atomic E-state index is 13.9. The van der Waals surface area contributed by atoms with Crippen molar-refractivity contribution in [2.24, 2.45) is 5.92 Å². The molecule has 0 heterocycles. The highest BCUT2D eigenvalue weighted by atomic mass is 127. The number of hydrogen-bond donors (Lipinski definition) is 1. The maximum atomic E-state index is 13.9. The van der Waals surface area contributed by atoms with E-state index in [1.807, 2.05) is 0 Å². The van der Waals surface area contributed by atoms with Gasteiger partial charge in [-0.3, -0.25) is 4.79 Å². The minimum atomic E-state index is -5.91. The number of rotatable bonds is 7. The Morgan fingerprint density at radius 2 is 1.55 bits per heavy atom. The van der Waals surface area contributed by atoms with Gasteiger partial charge >= 0.3 is 35.8 Å². The van der Waals surface area contributed by atoms with Crippen LogP contribution >= 0.6 is 22.6 Å². The molecule has 0 aromatic rings. The van der Waals surface area contributed by atoms with Crippen LogP contribution in [0.5, 0.6) is 0 Å². The van der Waals surface area contributed by atoms with E-state index >= 15 is 0 Å². The molecule has 1 N–H and O–H groups in total. The number of aliphatic carboxylic acids is 1. The van der Waals surface area contributed by atoms with Crippen LogP contribution in [-0.4, -0.2) is 44.4 Å². The van der Waals surface area contributed by atoms with E-state index < -0.39 is 77.3 Å². The lowest BCUT2D eigenvalue weighted by Crippen LogP contribution is -2.69. The van der Waals surface area contributed by atoms with Crippen LogP contribution in [0, 0.1) is 5.92 Å². The summed E-state index contributed by atoms with van der Waals surface area (Å²) in [6, 6.07) is 0. The van der Waals surface area contributed by atoms with Gasteiger partial charge in [0.15, 0.2) is 0 Å². The highest BCUT2D eigenvalue weighted by Crippen LogP contribution is 2.62. The second-order valence-corrected chi connectivity index (χ2v) is 8.80. The van der Waals surface area contributed by atoms with Crippen molar-refractivity contribution >= 4 is 28.6 Å². The predicted octanol–water partition coefficient (Wildman–Crippen LogP) is 6.48. The molecular weight excluding hydrogens is 548 g/mol. The molecule has 1 aliphatic carbocycles. The molecule has 0 amide bonds. The van der Waals surface area contributed by atoms with E-state index in [0.29, 0.717) is 0 Å². The molecule has 2 atom stereocenters. The van der Waals surface area contributed by atoms with Crippen LogP contribution in [0.3, 0.4) is 0 Å². The fourth-order valence-corrected chi connectivity index (χ4v) is 4.27. The molecule has 1 fully saturated rings. The zero-order valence-corrected chi connectivity index (χ0v) is 16.3. The van der Waals surface area contributed by atoms with Gasteiger partial charge in [0.2, 0.25) is 0 Å². The van der Waals surface area contributed by atoms with E-state index in [0.717, 1.165) is 34.7 Å². The summed E-state index contributed by atoms with van der Waals surface area (Å²) in [5.41, 5.74) is 0. The van der Waals surface area contributed by atoms with E-state index in [-0.39, 0.29) is 0 Å². The van der Waals surface area contributed by atoms with Gasteiger partial charge in [-0.2, -0.15) is 48.3 Å². The number of carbonyl (C=O) groups is 1. The number of alkyl halides is 12. The summed E-state index contributed by atoms with van der Waals surface area (Å²) >= 11 is 0.925. The van der Waals surface area contributed by atoms with Gasteiger partial charge in [-0.05, 0) is 19.3 Å². The Labute approximate surface area is 170 Å². The summed E-state index contributed by atoms with van der Waals surface area (Å²) in [6.45, 7) is 0. The van der Waals surface area contributed by atoms with Gasteiger partial charge in [0.25, 0.3) is 0 Å². The van der Waals surface area contributed by atoms with Crippen molar-refractivity contribution in [1.29, 1.82) is 0 Å². The van der Waals surface area contributed by atoms with Crippen molar-refractivity contribution < 1.29 is 58.2 Å². The molecular formula is C15H14F11IO2. The Bertz CT molecular complexity index is 645. The van der Waals surface area contributed by atoms with Crippen LogP contribution in [0.1, 0.15) is 32.1 Å². The number of hydrogen-bond acceptors (Lipinski definition) is 1. The molecule has 0 bridgehead atoms. The van der Waals surface area contributed by atoms with Crippen molar-refractivity contribution in [2.45, 2.75) is 65.4 Å². The molecule has 14 heteroatoms. The fourth-order valence-electron chi connectivity index (χ4n) is 2.88. The molecule has 1 rings (SSSR count). The highest BCUT2D eigenvalue weighted by Gasteiger charge is 2.82. The number of allylic oxidation sites excluding steroid dienone is 2. The number of carboxylic acid groups (broad SMARTS) is 1. The Morgan fingerprint density at radius 1 is 1.03 bits per heavy atom. The Balaban J connectivity index is 2.91. The Kier molecular flexibility index (Phi) is 7.25. The highest BCUT2D eigenvalue weighted by molar-refractivity contribution is 14.1. The zero-order chi connectivity index (χ0) is 23.1. The molecule has 1 aliphatic rings. The minimum Gasteiger partial charge on any atom is -0.481 e. The monoisotopic (exact) mass is 562 g/mol.